The minimum absolute atomic E-state index is 0.0395. The Hall–Kier alpha value is -1.45. The van der Waals surface area contributed by atoms with Crippen LogP contribution in [0.25, 0.3) is 0 Å². The Labute approximate surface area is 180 Å². The number of nitrogens with zero attached hydrogens (tertiary/aromatic N) is 2. The van der Waals surface area contributed by atoms with Gasteiger partial charge in [-0.2, -0.15) is 0 Å². The molecule has 8 nitrogen and oxygen atoms in total. The molecule has 3 aliphatic rings. The van der Waals surface area contributed by atoms with Gasteiger partial charge in [-0.05, 0) is 52.1 Å². The van der Waals surface area contributed by atoms with Gasteiger partial charge in [0.15, 0.2) is 0 Å². The fraction of sp³-hybridized carbons (Fsp3) is 0.810. The smallest absolute Gasteiger partial charge is 0.335 e. The highest BCUT2D eigenvalue weighted by atomic mass is 32.2. The van der Waals surface area contributed by atoms with Crippen LogP contribution in [0.2, 0.25) is 0 Å². The molecule has 3 aliphatic heterocycles. The summed E-state index contributed by atoms with van der Waals surface area (Å²) in [5.74, 6) is 0.0223. The SMILES string of the molecule is CCS(=O)(=O)N1CCC2(CC1)OC(=O)C(C)=C2C(=O)NCCCN1CCC[C@@H](C)C1. The maximum atomic E-state index is 13.0. The second-order valence-corrected chi connectivity index (χ2v) is 11.1. The van der Waals surface area contributed by atoms with Crippen molar-refractivity contribution in [1.29, 1.82) is 0 Å². The molecule has 2 saturated heterocycles. The second-order valence-electron chi connectivity index (χ2n) is 8.84. The number of esters is 1. The molecule has 9 heteroatoms. The van der Waals surface area contributed by atoms with Gasteiger partial charge in [-0.15, -0.1) is 0 Å². The average molecular weight is 442 g/mol. The van der Waals surface area contributed by atoms with Gasteiger partial charge >= 0.3 is 5.97 Å². The molecular formula is C21H35N3O5S. The van der Waals surface area contributed by atoms with Crippen LogP contribution in [-0.4, -0.2) is 80.1 Å². The first-order valence-corrected chi connectivity index (χ1v) is 12.7. The first kappa shape index (κ1) is 23.2. The van der Waals surface area contributed by atoms with Crippen molar-refractivity contribution in [2.75, 3.05) is 45.0 Å². The molecule has 1 N–H and O–H groups in total. The van der Waals surface area contributed by atoms with Gasteiger partial charge < -0.3 is 15.0 Å². The summed E-state index contributed by atoms with van der Waals surface area (Å²) in [7, 11) is -3.29. The minimum atomic E-state index is -3.29. The van der Waals surface area contributed by atoms with Crippen LogP contribution in [-0.2, 0) is 24.3 Å². The molecule has 1 amide bonds. The highest BCUT2D eigenvalue weighted by Gasteiger charge is 2.51. The number of ether oxygens (including phenoxy) is 1. The maximum Gasteiger partial charge on any atom is 0.335 e. The summed E-state index contributed by atoms with van der Waals surface area (Å²) in [6.45, 7) is 9.73. The van der Waals surface area contributed by atoms with Crippen LogP contribution < -0.4 is 5.32 Å². The van der Waals surface area contributed by atoms with Crippen LogP contribution in [0.5, 0.6) is 0 Å². The predicted molar refractivity (Wildman–Crippen MR) is 114 cm³/mol. The molecule has 0 radical (unpaired) electrons. The van der Waals surface area contributed by atoms with Crippen molar-refractivity contribution >= 4 is 21.9 Å². The molecule has 170 valence electrons. The van der Waals surface area contributed by atoms with Crippen LogP contribution in [0.15, 0.2) is 11.1 Å². The molecule has 0 aromatic rings. The summed E-state index contributed by atoms with van der Waals surface area (Å²) >= 11 is 0. The third-order valence-corrected chi connectivity index (χ3v) is 8.50. The van der Waals surface area contributed by atoms with Crippen LogP contribution in [0.3, 0.4) is 0 Å². The monoisotopic (exact) mass is 441 g/mol. The van der Waals surface area contributed by atoms with Crippen LogP contribution >= 0.6 is 0 Å². The molecule has 1 spiro atoms. The van der Waals surface area contributed by atoms with Crippen molar-refractivity contribution in [2.45, 2.75) is 58.5 Å². The van der Waals surface area contributed by atoms with Crippen molar-refractivity contribution in [3.63, 3.8) is 0 Å². The number of carbonyl (C=O) groups is 2. The quantitative estimate of drug-likeness (QED) is 0.472. The number of sulfonamides is 1. The fourth-order valence-corrected chi connectivity index (χ4v) is 5.97. The lowest BCUT2D eigenvalue weighted by Gasteiger charge is -2.38. The lowest BCUT2D eigenvalue weighted by atomic mass is 9.83. The number of rotatable bonds is 7. The first-order chi connectivity index (χ1) is 14.2. The van der Waals surface area contributed by atoms with Crippen LogP contribution in [0, 0.1) is 5.92 Å². The van der Waals surface area contributed by atoms with Gasteiger partial charge in [0.1, 0.15) is 5.60 Å². The number of piperidine rings is 2. The van der Waals surface area contributed by atoms with Gasteiger partial charge in [0, 0.05) is 44.6 Å². The lowest BCUT2D eigenvalue weighted by molar-refractivity contribution is -0.150. The largest absolute Gasteiger partial charge is 0.450 e. The number of amides is 1. The van der Waals surface area contributed by atoms with Gasteiger partial charge in [-0.3, -0.25) is 4.79 Å². The number of carbonyl (C=O) groups excluding carboxylic acids is 2. The summed E-state index contributed by atoms with van der Waals surface area (Å²) in [5.41, 5.74) is -0.287. The summed E-state index contributed by atoms with van der Waals surface area (Å²) in [4.78, 5) is 27.7. The van der Waals surface area contributed by atoms with Crippen molar-refractivity contribution in [2.24, 2.45) is 5.92 Å². The van der Waals surface area contributed by atoms with Gasteiger partial charge in [0.25, 0.3) is 5.91 Å². The molecule has 0 unspecified atom stereocenters. The summed E-state index contributed by atoms with van der Waals surface area (Å²) < 4.78 is 31.4. The van der Waals surface area contributed by atoms with Gasteiger partial charge in [-0.1, -0.05) is 6.92 Å². The highest BCUT2D eigenvalue weighted by molar-refractivity contribution is 7.89. The Kier molecular flexibility index (Phi) is 7.24. The second kappa shape index (κ2) is 9.36. The minimum Gasteiger partial charge on any atom is -0.450 e. The molecule has 3 rings (SSSR count). The van der Waals surface area contributed by atoms with Crippen molar-refractivity contribution < 1.29 is 22.7 Å². The molecule has 2 fully saturated rings. The predicted octanol–water partition coefficient (Wildman–Crippen LogP) is 1.28. The van der Waals surface area contributed by atoms with Crippen LogP contribution in [0.1, 0.15) is 52.9 Å². The van der Waals surface area contributed by atoms with Crippen molar-refractivity contribution in [3.05, 3.63) is 11.1 Å². The van der Waals surface area contributed by atoms with Gasteiger partial charge in [0.2, 0.25) is 10.0 Å². The van der Waals surface area contributed by atoms with Crippen LogP contribution in [0.4, 0.5) is 0 Å². The van der Waals surface area contributed by atoms with Gasteiger partial charge in [-0.25, -0.2) is 17.5 Å². The molecular weight excluding hydrogens is 406 g/mol. The van der Waals surface area contributed by atoms with E-state index in [4.69, 9.17) is 4.74 Å². The average Bonchev–Trinajstić information content (AvgIpc) is 2.95. The number of nitrogens with one attached hydrogen (secondary N) is 1. The Morgan fingerprint density at radius 3 is 2.60 bits per heavy atom. The molecule has 30 heavy (non-hydrogen) atoms. The van der Waals surface area contributed by atoms with E-state index in [2.05, 4.69) is 17.1 Å². The maximum absolute atomic E-state index is 13.0. The lowest BCUT2D eigenvalue weighted by Crippen LogP contribution is -2.50. The Bertz CT molecular complexity index is 799. The zero-order chi connectivity index (χ0) is 21.9. The first-order valence-electron chi connectivity index (χ1n) is 11.1. The molecule has 0 bridgehead atoms. The summed E-state index contributed by atoms with van der Waals surface area (Å²) in [6, 6.07) is 0. The molecule has 0 aromatic heterocycles. The zero-order valence-corrected chi connectivity index (χ0v) is 19.2. The Morgan fingerprint density at radius 1 is 1.27 bits per heavy atom. The van der Waals surface area contributed by atoms with E-state index in [1.807, 2.05) is 0 Å². The van der Waals surface area contributed by atoms with E-state index >= 15 is 0 Å². The third-order valence-electron chi connectivity index (χ3n) is 6.62. The molecule has 3 heterocycles. The molecule has 1 atom stereocenters. The normalized spacial score (nSPS) is 25.6. The molecule has 0 saturated carbocycles. The molecule has 0 aromatic carbocycles. The van der Waals surface area contributed by atoms with E-state index in [0.717, 1.165) is 32.0 Å². The summed E-state index contributed by atoms with van der Waals surface area (Å²) in [5, 5.41) is 2.96. The Balaban J connectivity index is 1.57. The molecule has 0 aliphatic carbocycles. The fourth-order valence-electron chi connectivity index (χ4n) is 4.87. The van der Waals surface area contributed by atoms with E-state index in [1.54, 1.807) is 13.8 Å². The number of hydrogen-bond acceptors (Lipinski definition) is 6. The highest BCUT2D eigenvalue weighted by Crippen LogP contribution is 2.41. The number of hydrogen-bond donors (Lipinski definition) is 1. The van der Waals surface area contributed by atoms with E-state index in [0.29, 0.717) is 30.5 Å². The van der Waals surface area contributed by atoms with Gasteiger partial charge in [0.05, 0.1) is 11.3 Å². The standard InChI is InChI=1S/C21H35N3O5S/c1-4-30(27,28)24-13-8-21(9-14-24)18(17(3)20(26)29-21)19(25)22-10-6-12-23-11-5-7-16(2)15-23/h16H,4-15H2,1-3H3,(H,22,25)/t16-/m1/s1. The van der Waals surface area contributed by atoms with E-state index in [9.17, 15) is 18.0 Å². The zero-order valence-electron chi connectivity index (χ0n) is 18.4. The van der Waals surface area contributed by atoms with E-state index in [-0.39, 0.29) is 24.7 Å². The van der Waals surface area contributed by atoms with E-state index < -0.39 is 21.6 Å². The van der Waals surface area contributed by atoms with E-state index in [1.165, 1.54) is 17.1 Å². The summed E-state index contributed by atoms with van der Waals surface area (Å²) in [6.07, 6.45) is 3.99. The van der Waals surface area contributed by atoms with Crippen molar-refractivity contribution in [3.8, 4) is 0 Å². The number of likely N-dealkylation sites (tertiary alicyclic amines) is 1. The third kappa shape index (κ3) is 4.89. The Morgan fingerprint density at radius 2 is 1.97 bits per heavy atom. The topological polar surface area (TPSA) is 96.0 Å². The van der Waals surface area contributed by atoms with Crippen molar-refractivity contribution in [1.82, 2.24) is 14.5 Å².